The van der Waals surface area contributed by atoms with Crippen molar-refractivity contribution in [2.24, 2.45) is 16.4 Å². The molecule has 1 unspecified atom stereocenters. The molecule has 1 aromatic carbocycles. The summed E-state index contributed by atoms with van der Waals surface area (Å²) in [6.45, 7) is 3.60. The van der Waals surface area contributed by atoms with E-state index in [0.29, 0.717) is 5.71 Å². The summed E-state index contributed by atoms with van der Waals surface area (Å²) in [6, 6.07) is 9.48. The molecule has 0 aliphatic carbocycles. The van der Waals surface area contributed by atoms with E-state index in [1.54, 1.807) is 0 Å². The Morgan fingerprint density at radius 1 is 1.35 bits per heavy atom. The van der Waals surface area contributed by atoms with Crippen molar-refractivity contribution in [3.05, 3.63) is 35.9 Å². The highest BCUT2D eigenvalue weighted by Crippen LogP contribution is 2.35. The summed E-state index contributed by atoms with van der Waals surface area (Å²) < 4.78 is 0. The lowest BCUT2D eigenvalue weighted by atomic mass is 9.72. The van der Waals surface area contributed by atoms with Crippen LogP contribution < -0.4 is 5.43 Å². The van der Waals surface area contributed by atoms with Crippen LogP contribution in [0.3, 0.4) is 0 Å². The molecule has 0 fully saturated rings. The fraction of sp³-hybridized carbons (Fsp3) is 0.385. The van der Waals surface area contributed by atoms with Gasteiger partial charge in [0.1, 0.15) is 5.41 Å². The average molecular weight is 232 g/mol. The molecule has 90 valence electrons. The molecule has 0 aromatic heterocycles. The molecule has 0 bridgehead atoms. The van der Waals surface area contributed by atoms with E-state index in [1.165, 1.54) is 0 Å². The van der Waals surface area contributed by atoms with Gasteiger partial charge in [0.15, 0.2) is 0 Å². The second kappa shape index (κ2) is 4.30. The lowest BCUT2D eigenvalue weighted by molar-refractivity contribution is -0.129. The van der Waals surface area contributed by atoms with Crippen molar-refractivity contribution in [2.45, 2.75) is 13.8 Å². The normalized spacial score (nSPS) is 23.8. The Bertz CT molecular complexity index is 454. The van der Waals surface area contributed by atoms with Crippen LogP contribution in [-0.4, -0.2) is 23.3 Å². The predicted molar refractivity (Wildman–Crippen MR) is 65.5 cm³/mol. The van der Waals surface area contributed by atoms with Crippen molar-refractivity contribution >= 4 is 11.6 Å². The zero-order valence-corrected chi connectivity index (χ0v) is 9.97. The molecule has 0 radical (unpaired) electrons. The molecular formula is C13H16N2O2. The minimum absolute atomic E-state index is 0.0195. The molecule has 4 nitrogen and oxygen atoms in total. The second-order valence-corrected chi connectivity index (χ2v) is 4.55. The van der Waals surface area contributed by atoms with Crippen LogP contribution >= 0.6 is 0 Å². The van der Waals surface area contributed by atoms with E-state index in [1.807, 2.05) is 44.2 Å². The third-order valence-electron chi connectivity index (χ3n) is 3.38. The van der Waals surface area contributed by atoms with E-state index in [-0.39, 0.29) is 18.4 Å². The quantitative estimate of drug-likeness (QED) is 0.821. The molecule has 2 rings (SSSR count). The summed E-state index contributed by atoms with van der Waals surface area (Å²) in [5, 5.41) is 13.7. The first kappa shape index (κ1) is 11.8. The van der Waals surface area contributed by atoms with Crippen molar-refractivity contribution in [2.75, 3.05) is 6.61 Å². The summed E-state index contributed by atoms with van der Waals surface area (Å²) in [6.07, 6.45) is 0. The Morgan fingerprint density at radius 2 is 2.00 bits per heavy atom. The largest absolute Gasteiger partial charge is 0.395 e. The Kier molecular flexibility index (Phi) is 2.98. The van der Waals surface area contributed by atoms with Crippen LogP contribution in [0.1, 0.15) is 19.4 Å². The van der Waals surface area contributed by atoms with Gasteiger partial charge < -0.3 is 5.11 Å². The monoisotopic (exact) mass is 232 g/mol. The minimum atomic E-state index is -0.929. The van der Waals surface area contributed by atoms with Crippen molar-refractivity contribution in [1.29, 1.82) is 0 Å². The molecule has 1 atom stereocenters. The van der Waals surface area contributed by atoms with Crippen molar-refractivity contribution < 1.29 is 9.90 Å². The number of carbonyl (C=O) groups excluding carboxylic acids is 1. The van der Waals surface area contributed by atoms with Crippen LogP contribution in [0, 0.1) is 11.3 Å². The highest BCUT2D eigenvalue weighted by Gasteiger charge is 2.50. The topological polar surface area (TPSA) is 61.7 Å². The maximum Gasteiger partial charge on any atom is 0.255 e. The number of rotatable bonds is 3. The molecule has 0 saturated carbocycles. The van der Waals surface area contributed by atoms with Crippen LogP contribution in [0.2, 0.25) is 0 Å². The Morgan fingerprint density at radius 3 is 2.53 bits per heavy atom. The van der Waals surface area contributed by atoms with Crippen LogP contribution in [0.5, 0.6) is 0 Å². The molecule has 1 aliphatic rings. The number of aliphatic hydroxyl groups excluding tert-OH is 1. The number of hydrogen-bond donors (Lipinski definition) is 2. The van der Waals surface area contributed by atoms with Gasteiger partial charge in [-0.2, -0.15) is 5.10 Å². The Hall–Kier alpha value is -1.68. The van der Waals surface area contributed by atoms with Gasteiger partial charge in [0.2, 0.25) is 0 Å². The van der Waals surface area contributed by atoms with E-state index >= 15 is 0 Å². The highest BCUT2D eigenvalue weighted by molar-refractivity contribution is 6.20. The van der Waals surface area contributed by atoms with Crippen molar-refractivity contribution in [3.63, 3.8) is 0 Å². The number of amides is 1. The fourth-order valence-corrected chi connectivity index (χ4v) is 2.20. The average Bonchev–Trinajstić information content (AvgIpc) is 2.68. The number of benzene rings is 1. The van der Waals surface area contributed by atoms with Gasteiger partial charge in [-0.3, -0.25) is 4.79 Å². The smallest absolute Gasteiger partial charge is 0.255 e. The molecule has 4 heteroatoms. The van der Waals surface area contributed by atoms with Gasteiger partial charge in [-0.15, -0.1) is 0 Å². The van der Waals surface area contributed by atoms with Gasteiger partial charge in [0, 0.05) is 0 Å². The van der Waals surface area contributed by atoms with Gasteiger partial charge in [-0.05, 0) is 11.5 Å². The number of nitrogens with zero attached hydrogens (tertiary/aromatic N) is 1. The summed E-state index contributed by atoms with van der Waals surface area (Å²) in [5.41, 5.74) is 3.05. The van der Waals surface area contributed by atoms with E-state index < -0.39 is 5.41 Å². The maximum atomic E-state index is 12.0. The SMILES string of the molecule is CC(C)C1(CO)C(=O)NN=C1c1ccccc1. The van der Waals surface area contributed by atoms with Crippen LogP contribution in [0.4, 0.5) is 0 Å². The molecule has 1 aromatic rings. The molecular weight excluding hydrogens is 216 g/mol. The Labute approximate surface area is 100 Å². The van der Waals surface area contributed by atoms with Crippen LogP contribution in [0.15, 0.2) is 35.4 Å². The maximum absolute atomic E-state index is 12.0. The number of carbonyl (C=O) groups is 1. The van der Waals surface area contributed by atoms with E-state index in [2.05, 4.69) is 10.5 Å². The molecule has 0 spiro atoms. The van der Waals surface area contributed by atoms with Gasteiger partial charge in [0.05, 0.1) is 12.3 Å². The summed E-state index contributed by atoms with van der Waals surface area (Å²) in [5.74, 6) is -0.247. The van der Waals surface area contributed by atoms with E-state index in [9.17, 15) is 9.90 Å². The lowest BCUT2D eigenvalue weighted by Crippen LogP contribution is -2.46. The standard InChI is InChI=1S/C13H16N2O2/c1-9(2)13(8-16)11(14-15-12(13)17)10-6-4-3-5-7-10/h3-7,9,16H,8H2,1-2H3,(H,15,17). The highest BCUT2D eigenvalue weighted by atomic mass is 16.3. The molecule has 2 N–H and O–H groups in total. The number of hydrogen-bond acceptors (Lipinski definition) is 3. The van der Waals surface area contributed by atoms with Gasteiger partial charge in [0.25, 0.3) is 5.91 Å². The van der Waals surface area contributed by atoms with Crippen LogP contribution in [-0.2, 0) is 4.79 Å². The zero-order valence-electron chi connectivity index (χ0n) is 9.97. The zero-order chi connectivity index (χ0) is 12.5. The summed E-state index contributed by atoms with van der Waals surface area (Å²) in [7, 11) is 0. The third kappa shape index (κ3) is 1.65. The Balaban J connectivity index is 2.51. The van der Waals surface area contributed by atoms with Crippen LogP contribution in [0.25, 0.3) is 0 Å². The summed E-state index contributed by atoms with van der Waals surface area (Å²) in [4.78, 5) is 12.0. The van der Waals surface area contributed by atoms with Gasteiger partial charge >= 0.3 is 0 Å². The van der Waals surface area contributed by atoms with Crippen molar-refractivity contribution in [1.82, 2.24) is 5.43 Å². The molecule has 1 aliphatic heterocycles. The summed E-state index contributed by atoms with van der Waals surface area (Å²) >= 11 is 0. The molecule has 1 amide bonds. The molecule has 0 saturated heterocycles. The minimum Gasteiger partial charge on any atom is -0.395 e. The predicted octanol–water partition coefficient (Wildman–Crippen LogP) is 1.16. The van der Waals surface area contributed by atoms with Gasteiger partial charge in [-0.25, -0.2) is 5.43 Å². The second-order valence-electron chi connectivity index (χ2n) is 4.55. The third-order valence-corrected chi connectivity index (χ3v) is 3.38. The lowest BCUT2D eigenvalue weighted by Gasteiger charge is -2.29. The van der Waals surface area contributed by atoms with Crippen molar-refractivity contribution in [3.8, 4) is 0 Å². The number of hydrazone groups is 1. The fourth-order valence-electron chi connectivity index (χ4n) is 2.20. The number of aliphatic hydroxyl groups is 1. The van der Waals surface area contributed by atoms with Gasteiger partial charge in [-0.1, -0.05) is 44.2 Å². The first-order valence-electron chi connectivity index (χ1n) is 5.68. The molecule has 17 heavy (non-hydrogen) atoms. The first-order valence-corrected chi connectivity index (χ1v) is 5.68. The number of nitrogens with one attached hydrogen (secondary N) is 1. The van der Waals surface area contributed by atoms with E-state index in [0.717, 1.165) is 5.56 Å². The molecule has 1 heterocycles. The van der Waals surface area contributed by atoms with E-state index in [4.69, 9.17) is 0 Å². The first-order chi connectivity index (χ1) is 8.13.